The van der Waals surface area contributed by atoms with Gasteiger partial charge in [-0.15, -0.1) is 0 Å². The van der Waals surface area contributed by atoms with Crippen LogP contribution in [-0.2, 0) is 6.42 Å². The monoisotopic (exact) mass is 229 g/mol. The van der Waals surface area contributed by atoms with Crippen molar-refractivity contribution in [3.05, 3.63) is 34.6 Å². The van der Waals surface area contributed by atoms with Crippen molar-refractivity contribution in [2.45, 2.75) is 19.8 Å². The Morgan fingerprint density at radius 1 is 1.47 bits per heavy atom. The smallest absolute Gasteiger partial charge is 0.144 e. The summed E-state index contributed by atoms with van der Waals surface area (Å²) in [5.41, 5.74) is 0.713. The summed E-state index contributed by atoms with van der Waals surface area (Å²) in [6.07, 6.45) is 1.77. The van der Waals surface area contributed by atoms with E-state index in [1.165, 1.54) is 0 Å². The van der Waals surface area contributed by atoms with E-state index in [0.717, 1.165) is 19.4 Å². The minimum atomic E-state index is -0.270. The molecule has 0 bridgehead atoms. The van der Waals surface area contributed by atoms with Crippen LogP contribution in [0.25, 0.3) is 0 Å². The van der Waals surface area contributed by atoms with Crippen LogP contribution in [0.3, 0.4) is 0 Å². The number of benzene rings is 1. The summed E-state index contributed by atoms with van der Waals surface area (Å²) < 4.78 is 13.6. The number of nitrogens with one attached hydrogen (secondary N) is 1. The van der Waals surface area contributed by atoms with E-state index >= 15 is 0 Å². The summed E-state index contributed by atoms with van der Waals surface area (Å²) in [5, 5.41) is 3.33. The molecule has 1 aromatic carbocycles. The van der Waals surface area contributed by atoms with Crippen LogP contribution in [0.5, 0.6) is 0 Å². The molecule has 0 aliphatic carbocycles. The fourth-order valence-corrected chi connectivity index (χ4v) is 1.86. The van der Waals surface area contributed by atoms with Gasteiger partial charge in [0, 0.05) is 0 Å². The van der Waals surface area contributed by atoms with Gasteiger partial charge in [-0.1, -0.05) is 37.1 Å². The van der Waals surface area contributed by atoms with Gasteiger partial charge in [0.1, 0.15) is 5.82 Å². The Morgan fingerprint density at radius 2 is 2.20 bits per heavy atom. The van der Waals surface area contributed by atoms with Gasteiger partial charge >= 0.3 is 0 Å². The lowest BCUT2D eigenvalue weighted by Gasteiger charge is -2.14. The van der Waals surface area contributed by atoms with Gasteiger partial charge < -0.3 is 5.32 Å². The molecule has 1 aromatic rings. The highest BCUT2D eigenvalue weighted by atomic mass is 35.5. The molecule has 1 N–H and O–H groups in total. The first-order valence-corrected chi connectivity index (χ1v) is 5.64. The van der Waals surface area contributed by atoms with Crippen LogP contribution in [0.2, 0.25) is 5.02 Å². The van der Waals surface area contributed by atoms with E-state index in [4.69, 9.17) is 11.6 Å². The lowest BCUT2D eigenvalue weighted by Crippen LogP contribution is -2.20. The Bertz CT molecular complexity index is 314. The number of hydrogen-bond donors (Lipinski definition) is 1. The maximum Gasteiger partial charge on any atom is 0.144 e. The van der Waals surface area contributed by atoms with Crippen molar-refractivity contribution in [1.29, 1.82) is 0 Å². The maximum absolute atomic E-state index is 13.6. The Kier molecular flexibility index (Phi) is 5.06. The standard InChI is InChI=1S/C12H17ClFN/c1-3-9(8-15-2)7-10-5-4-6-11(13)12(10)14/h4-6,9,15H,3,7-8H2,1-2H3. The first-order valence-electron chi connectivity index (χ1n) is 5.26. The molecule has 1 rings (SSSR count). The average Bonchev–Trinajstić information content (AvgIpc) is 2.24. The fraction of sp³-hybridized carbons (Fsp3) is 0.500. The van der Waals surface area contributed by atoms with Crippen molar-refractivity contribution in [3.63, 3.8) is 0 Å². The minimum absolute atomic E-state index is 0.215. The van der Waals surface area contributed by atoms with E-state index in [1.54, 1.807) is 18.2 Å². The molecule has 0 aromatic heterocycles. The summed E-state index contributed by atoms with van der Waals surface area (Å²) in [6.45, 7) is 3.02. The molecule has 0 aliphatic heterocycles. The normalized spacial score (nSPS) is 12.8. The maximum atomic E-state index is 13.6. The van der Waals surface area contributed by atoms with E-state index in [9.17, 15) is 4.39 Å². The Morgan fingerprint density at radius 3 is 2.80 bits per heavy atom. The Balaban J connectivity index is 2.74. The van der Waals surface area contributed by atoms with Crippen LogP contribution in [0.4, 0.5) is 4.39 Å². The summed E-state index contributed by atoms with van der Waals surface area (Å²) in [6, 6.07) is 5.19. The fourth-order valence-electron chi connectivity index (χ4n) is 1.67. The average molecular weight is 230 g/mol. The lowest BCUT2D eigenvalue weighted by molar-refractivity contribution is 0.469. The molecule has 1 unspecified atom stereocenters. The van der Waals surface area contributed by atoms with Crippen LogP contribution in [0.1, 0.15) is 18.9 Å². The predicted molar refractivity (Wildman–Crippen MR) is 62.8 cm³/mol. The van der Waals surface area contributed by atoms with Crippen LogP contribution < -0.4 is 5.32 Å². The zero-order chi connectivity index (χ0) is 11.3. The molecule has 3 heteroatoms. The Hall–Kier alpha value is -0.600. The summed E-state index contributed by atoms with van der Waals surface area (Å²) in [4.78, 5) is 0. The molecular weight excluding hydrogens is 213 g/mol. The predicted octanol–water partition coefficient (Wildman–Crippen LogP) is 3.27. The molecule has 0 saturated carbocycles. The van der Waals surface area contributed by atoms with Crippen molar-refractivity contribution in [2.24, 2.45) is 5.92 Å². The lowest BCUT2D eigenvalue weighted by atomic mass is 9.96. The summed E-state index contributed by atoms with van der Waals surface area (Å²) in [5.74, 6) is 0.191. The molecular formula is C12H17ClFN. The molecule has 15 heavy (non-hydrogen) atoms. The first-order chi connectivity index (χ1) is 7.19. The van der Waals surface area contributed by atoms with Crippen molar-refractivity contribution in [2.75, 3.05) is 13.6 Å². The van der Waals surface area contributed by atoms with Crippen molar-refractivity contribution >= 4 is 11.6 Å². The zero-order valence-corrected chi connectivity index (χ0v) is 9.94. The molecule has 0 radical (unpaired) electrons. The van der Waals surface area contributed by atoms with Crippen molar-refractivity contribution in [3.8, 4) is 0 Å². The van der Waals surface area contributed by atoms with Crippen LogP contribution in [-0.4, -0.2) is 13.6 Å². The number of rotatable bonds is 5. The Labute approximate surface area is 95.6 Å². The van der Waals surface area contributed by atoms with Gasteiger partial charge in [0.2, 0.25) is 0 Å². The van der Waals surface area contributed by atoms with Gasteiger partial charge in [-0.2, -0.15) is 0 Å². The summed E-state index contributed by atoms with van der Waals surface area (Å²) >= 11 is 5.73. The molecule has 0 aliphatic rings. The molecule has 0 spiro atoms. The largest absolute Gasteiger partial charge is 0.319 e. The quantitative estimate of drug-likeness (QED) is 0.817. The van der Waals surface area contributed by atoms with Crippen LogP contribution >= 0.6 is 11.6 Å². The van der Waals surface area contributed by atoms with E-state index < -0.39 is 0 Å². The van der Waals surface area contributed by atoms with Gasteiger partial charge in [-0.05, 0) is 37.6 Å². The second-order valence-corrected chi connectivity index (χ2v) is 4.16. The second kappa shape index (κ2) is 6.09. The van der Waals surface area contributed by atoms with Gasteiger partial charge in [0.05, 0.1) is 5.02 Å². The highest BCUT2D eigenvalue weighted by Gasteiger charge is 2.11. The van der Waals surface area contributed by atoms with E-state index in [-0.39, 0.29) is 10.8 Å². The van der Waals surface area contributed by atoms with Gasteiger partial charge in [-0.3, -0.25) is 0 Å². The van der Waals surface area contributed by atoms with Crippen LogP contribution in [0, 0.1) is 11.7 Å². The molecule has 0 amide bonds. The number of hydrogen-bond acceptors (Lipinski definition) is 1. The molecule has 1 nitrogen and oxygen atoms in total. The minimum Gasteiger partial charge on any atom is -0.319 e. The van der Waals surface area contributed by atoms with Crippen molar-refractivity contribution < 1.29 is 4.39 Å². The third-order valence-corrected chi connectivity index (χ3v) is 2.90. The first kappa shape index (κ1) is 12.5. The molecule has 84 valence electrons. The molecule has 0 saturated heterocycles. The zero-order valence-electron chi connectivity index (χ0n) is 9.19. The molecule has 0 fully saturated rings. The number of halogens is 2. The molecule has 1 atom stereocenters. The van der Waals surface area contributed by atoms with Gasteiger partial charge in [0.25, 0.3) is 0 Å². The van der Waals surface area contributed by atoms with E-state index in [1.807, 2.05) is 7.05 Å². The van der Waals surface area contributed by atoms with E-state index in [2.05, 4.69) is 12.2 Å². The third-order valence-electron chi connectivity index (χ3n) is 2.61. The SMILES string of the molecule is CCC(CNC)Cc1cccc(Cl)c1F. The highest BCUT2D eigenvalue weighted by Crippen LogP contribution is 2.21. The highest BCUT2D eigenvalue weighted by molar-refractivity contribution is 6.30. The van der Waals surface area contributed by atoms with Gasteiger partial charge in [-0.25, -0.2) is 4.39 Å². The van der Waals surface area contributed by atoms with Crippen LogP contribution in [0.15, 0.2) is 18.2 Å². The van der Waals surface area contributed by atoms with E-state index in [0.29, 0.717) is 11.5 Å². The molecule has 0 heterocycles. The third kappa shape index (κ3) is 3.47. The van der Waals surface area contributed by atoms with Gasteiger partial charge in [0.15, 0.2) is 0 Å². The summed E-state index contributed by atoms with van der Waals surface area (Å²) in [7, 11) is 1.91. The topological polar surface area (TPSA) is 12.0 Å². The van der Waals surface area contributed by atoms with Crippen molar-refractivity contribution in [1.82, 2.24) is 5.32 Å². The second-order valence-electron chi connectivity index (χ2n) is 3.75.